The molecule has 19 heavy (non-hydrogen) atoms. The lowest BCUT2D eigenvalue weighted by atomic mass is 9.94. The molecule has 0 aromatic rings. The molecule has 0 aromatic heterocycles. The van der Waals surface area contributed by atoms with E-state index in [9.17, 15) is 9.59 Å². The Morgan fingerprint density at radius 3 is 3.00 bits per heavy atom. The average Bonchev–Trinajstić information content (AvgIpc) is 2.65. The Labute approximate surface area is 115 Å². The van der Waals surface area contributed by atoms with Gasteiger partial charge < -0.3 is 10.2 Å². The van der Waals surface area contributed by atoms with Gasteiger partial charge in [-0.25, -0.2) is 0 Å². The molecule has 4 nitrogen and oxygen atoms in total. The van der Waals surface area contributed by atoms with Gasteiger partial charge in [-0.3, -0.25) is 9.59 Å². The van der Waals surface area contributed by atoms with Gasteiger partial charge in [0.05, 0.1) is 0 Å². The van der Waals surface area contributed by atoms with Gasteiger partial charge in [0.1, 0.15) is 0 Å². The molecule has 2 aliphatic rings. The lowest BCUT2D eigenvalue weighted by Crippen LogP contribution is -2.40. The van der Waals surface area contributed by atoms with E-state index in [1.165, 1.54) is 0 Å². The van der Waals surface area contributed by atoms with Crippen LogP contribution in [0.1, 0.15) is 44.9 Å². The van der Waals surface area contributed by atoms with Gasteiger partial charge in [-0.2, -0.15) is 0 Å². The van der Waals surface area contributed by atoms with Gasteiger partial charge in [-0.15, -0.1) is 0 Å². The monoisotopic (exact) mass is 264 g/mol. The van der Waals surface area contributed by atoms with E-state index in [1.54, 1.807) is 0 Å². The molecule has 1 atom stereocenters. The van der Waals surface area contributed by atoms with Crippen LogP contribution >= 0.6 is 0 Å². The van der Waals surface area contributed by atoms with E-state index < -0.39 is 0 Å². The van der Waals surface area contributed by atoms with Gasteiger partial charge in [0.25, 0.3) is 0 Å². The first kappa shape index (κ1) is 14.1. The normalized spacial score (nSPS) is 24.1. The van der Waals surface area contributed by atoms with Crippen molar-refractivity contribution in [3.8, 4) is 0 Å². The van der Waals surface area contributed by atoms with E-state index in [1.807, 2.05) is 4.90 Å². The molecule has 4 heteroatoms. The highest BCUT2D eigenvalue weighted by Crippen LogP contribution is 2.17. The van der Waals surface area contributed by atoms with Gasteiger partial charge in [0.15, 0.2) is 0 Å². The molecule has 0 unspecified atom stereocenters. The van der Waals surface area contributed by atoms with E-state index in [4.69, 9.17) is 0 Å². The SMILES string of the molecule is O=C(NCCN1CCCCCC1=O)[C@H]1CC=CCC1. The molecule has 1 saturated heterocycles. The maximum Gasteiger partial charge on any atom is 0.223 e. The number of carbonyl (C=O) groups excluding carboxylic acids is 2. The molecule has 1 heterocycles. The van der Waals surface area contributed by atoms with Crippen LogP contribution in [0.4, 0.5) is 0 Å². The minimum absolute atomic E-state index is 0.129. The standard InChI is InChI=1S/C15H24N2O2/c18-14-9-5-2-6-11-17(14)12-10-16-15(19)13-7-3-1-4-8-13/h1,3,13H,2,4-12H2,(H,16,19)/t13-/m0/s1. The molecule has 2 amide bonds. The smallest absolute Gasteiger partial charge is 0.223 e. The van der Waals surface area contributed by atoms with Crippen molar-refractivity contribution in [3.05, 3.63) is 12.2 Å². The Morgan fingerprint density at radius 2 is 2.21 bits per heavy atom. The zero-order chi connectivity index (χ0) is 13.5. The van der Waals surface area contributed by atoms with Crippen molar-refractivity contribution in [1.82, 2.24) is 10.2 Å². The van der Waals surface area contributed by atoms with Gasteiger partial charge in [0, 0.05) is 32.0 Å². The minimum Gasteiger partial charge on any atom is -0.354 e. The zero-order valence-electron chi connectivity index (χ0n) is 11.6. The van der Waals surface area contributed by atoms with Crippen LogP contribution < -0.4 is 5.32 Å². The third-order valence-electron chi connectivity index (χ3n) is 3.99. The molecule has 0 saturated carbocycles. The van der Waals surface area contributed by atoms with Crippen LogP contribution in [0.15, 0.2) is 12.2 Å². The third kappa shape index (κ3) is 4.37. The fourth-order valence-corrected chi connectivity index (χ4v) is 2.77. The predicted octanol–water partition coefficient (Wildman–Crippen LogP) is 1.86. The summed E-state index contributed by atoms with van der Waals surface area (Å²) in [4.78, 5) is 25.6. The topological polar surface area (TPSA) is 49.4 Å². The van der Waals surface area contributed by atoms with Crippen molar-refractivity contribution in [3.63, 3.8) is 0 Å². The van der Waals surface area contributed by atoms with Crippen LogP contribution in [0.2, 0.25) is 0 Å². The van der Waals surface area contributed by atoms with Crippen molar-refractivity contribution in [2.75, 3.05) is 19.6 Å². The van der Waals surface area contributed by atoms with Crippen LogP contribution in [0.3, 0.4) is 0 Å². The van der Waals surface area contributed by atoms with E-state index in [0.717, 1.165) is 45.1 Å². The fourth-order valence-electron chi connectivity index (χ4n) is 2.77. The zero-order valence-corrected chi connectivity index (χ0v) is 11.6. The molecule has 0 spiro atoms. The molecule has 1 aliphatic carbocycles. The fraction of sp³-hybridized carbons (Fsp3) is 0.733. The number of nitrogens with one attached hydrogen (secondary N) is 1. The Hall–Kier alpha value is -1.32. The second kappa shape index (κ2) is 7.31. The van der Waals surface area contributed by atoms with Gasteiger partial charge >= 0.3 is 0 Å². The summed E-state index contributed by atoms with van der Waals surface area (Å²) in [5.41, 5.74) is 0. The minimum atomic E-state index is 0.129. The number of nitrogens with zero attached hydrogens (tertiary/aromatic N) is 1. The second-order valence-electron chi connectivity index (χ2n) is 5.46. The van der Waals surface area contributed by atoms with E-state index >= 15 is 0 Å². The number of amides is 2. The number of hydrogen-bond donors (Lipinski definition) is 1. The van der Waals surface area contributed by atoms with Crippen LogP contribution in [-0.4, -0.2) is 36.3 Å². The number of rotatable bonds is 4. The molecular formula is C15H24N2O2. The molecule has 0 radical (unpaired) electrons. The Balaban J connectivity index is 1.68. The summed E-state index contributed by atoms with van der Waals surface area (Å²) in [5, 5.41) is 2.97. The molecule has 2 rings (SSSR count). The lowest BCUT2D eigenvalue weighted by Gasteiger charge is -2.22. The van der Waals surface area contributed by atoms with E-state index in [2.05, 4.69) is 17.5 Å². The van der Waals surface area contributed by atoms with Gasteiger partial charge in [-0.1, -0.05) is 18.6 Å². The number of hydrogen-bond acceptors (Lipinski definition) is 2. The largest absolute Gasteiger partial charge is 0.354 e. The maximum absolute atomic E-state index is 11.9. The Morgan fingerprint density at radius 1 is 1.32 bits per heavy atom. The van der Waals surface area contributed by atoms with Gasteiger partial charge in [0.2, 0.25) is 11.8 Å². The van der Waals surface area contributed by atoms with Crippen molar-refractivity contribution in [2.24, 2.45) is 5.92 Å². The molecule has 0 aromatic carbocycles. The van der Waals surface area contributed by atoms with Crippen LogP contribution in [-0.2, 0) is 9.59 Å². The number of allylic oxidation sites excluding steroid dienone is 2. The highest BCUT2D eigenvalue weighted by molar-refractivity contribution is 5.79. The first-order valence-corrected chi connectivity index (χ1v) is 7.48. The lowest BCUT2D eigenvalue weighted by molar-refractivity contribution is -0.131. The molecule has 106 valence electrons. The van der Waals surface area contributed by atoms with E-state index in [0.29, 0.717) is 19.5 Å². The van der Waals surface area contributed by atoms with Gasteiger partial charge in [-0.05, 0) is 32.1 Å². The number of carbonyl (C=O) groups is 2. The molecule has 1 fully saturated rings. The quantitative estimate of drug-likeness (QED) is 0.788. The predicted molar refractivity (Wildman–Crippen MR) is 74.5 cm³/mol. The summed E-state index contributed by atoms with van der Waals surface area (Å²) in [6.07, 6.45) is 10.9. The Kier molecular flexibility index (Phi) is 5.43. The molecular weight excluding hydrogens is 240 g/mol. The summed E-state index contributed by atoms with van der Waals surface area (Å²) in [6.45, 7) is 2.10. The number of likely N-dealkylation sites (tertiary alicyclic amines) is 1. The first-order chi connectivity index (χ1) is 9.27. The Bertz CT molecular complexity index is 352. The second-order valence-corrected chi connectivity index (χ2v) is 5.46. The molecule has 1 N–H and O–H groups in total. The summed E-state index contributed by atoms with van der Waals surface area (Å²) >= 11 is 0. The van der Waals surface area contributed by atoms with Crippen molar-refractivity contribution in [2.45, 2.75) is 44.9 Å². The van der Waals surface area contributed by atoms with Crippen LogP contribution in [0, 0.1) is 5.92 Å². The van der Waals surface area contributed by atoms with Crippen LogP contribution in [0.25, 0.3) is 0 Å². The summed E-state index contributed by atoms with van der Waals surface area (Å²) < 4.78 is 0. The first-order valence-electron chi connectivity index (χ1n) is 7.48. The molecule has 1 aliphatic heterocycles. The van der Waals surface area contributed by atoms with E-state index in [-0.39, 0.29) is 17.7 Å². The molecule has 0 bridgehead atoms. The van der Waals surface area contributed by atoms with Crippen LogP contribution in [0.5, 0.6) is 0 Å². The highest BCUT2D eigenvalue weighted by Gasteiger charge is 2.19. The average molecular weight is 264 g/mol. The van der Waals surface area contributed by atoms with Crippen molar-refractivity contribution >= 4 is 11.8 Å². The summed E-state index contributed by atoms with van der Waals surface area (Å²) in [7, 11) is 0. The third-order valence-corrected chi connectivity index (χ3v) is 3.99. The summed E-state index contributed by atoms with van der Waals surface area (Å²) in [5.74, 6) is 0.517. The highest BCUT2D eigenvalue weighted by atomic mass is 16.2. The maximum atomic E-state index is 11.9. The van der Waals surface area contributed by atoms with Crippen molar-refractivity contribution in [1.29, 1.82) is 0 Å². The van der Waals surface area contributed by atoms with Crippen molar-refractivity contribution < 1.29 is 9.59 Å². The summed E-state index contributed by atoms with van der Waals surface area (Å²) in [6, 6.07) is 0.